The van der Waals surface area contributed by atoms with E-state index in [1.807, 2.05) is 27.7 Å². The number of rotatable bonds is 5. The maximum Gasteiger partial charge on any atom is 0.304 e. The zero-order chi connectivity index (χ0) is 16.4. The fourth-order valence-corrected chi connectivity index (χ4v) is 3.72. The van der Waals surface area contributed by atoms with Crippen molar-refractivity contribution in [2.24, 2.45) is 5.41 Å². The van der Waals surface area contributed by atoms with Crippen LogP contribution in [0.3, 0.4) is 0 Å². The van der Waals surface area contributed by atoms with Crippen LogP contribution < -0.4 is 4.72 Å². The predicted octanol–water partition coefficient (Wildman–Crippen LogP) is 2.47. The molecule has 0 spiro atoms. The van der Waals surface area contributed by atoms with Gasteiger partial charge in [-0.25, -0.2) is 13.1 Å². The Balaban J connectivity index is 3.14. The zero-order valence-corrected chi connectivity index (χ0v) is 13.9. The maximum absolute atomic E-state index is 12.5. The first-order valence-electron chi connectivity index (χ1n) is 6.75. The summed E-state index contributed by atoms with van der Waals surface area (Å²) in [5.41, 5.74) is 1.12. The van der Waals surface area contributed by atoms with Gasteiger partial charge in [-0.3, -0.25) is 4.79 Å². The number of carboxylic acids is 1. The minimum absolute atomic E-state index is 0.188. The fourth-order valence-electron chi connectivity index (χ4n) is 2.05. The van der Waals surface area contributed by atoms with Crippen molar-refractivity contribution in [2.45, 2.75) is 52.0 Å². The zero-order valence-electron chi connectivity index (χ0n) is 13.1. The van der Waals surface area contributed by atoms with Gasteiger partial charge in [0.05, 0.1) is 11.3 Å². The lowest BCUT2D eigenvalue weighted by Gasteiger charge is -2.30. The number of carboxylic acid groups (broad SMARTS) is 1. The number of benzene rings is 1. The molecule has 118 valence electrons. The van der Waals surface area contributed by atoms with Crippen molar-refractivity contribution in [2.75, 3.05) is 0 Å². The standard InChI is InChI=1S/C15H23NO4S/c1-10-6-7-12(11(2)8-10)21(19,20)16-13(9-14(17)18)15(3,4)5/h6-8,13,16H,9H2,1-5H3,(H,17,18). The number of carbonyl (C=O) groups is 1. The monoisotopic (exact) mass is 313 g/mol. The first-order valence-corrected chi connectivity index (χ1v) is 8.23. The molecular formula is C15H23NO4S. The van der Waals surface area contributed by atoms with Crippen LogP contribution in [0.2, 0.25) is 0 Å². The van der Waals surface area contributed by atoms with Crippen LogP contribution in [0.15, 0.2) is 23.1 Å². The Kier molecular flexibility index (Phi) is 5.17. The summed E-state index contributed by atoms with van der Waals surface area (Å²) >= 11 is 0. The van der Waals surface area contributed by atoms with Crippen molar-refractivity contribution < 1.29 is 18.3 Å². The van der Waals surface area contributed by atoms with Crippen LogP contribution in [0, 0.1) is 19.3 Å². The van der Waals surface area contributed by atoms with E-state index in [1.54, 1.807) is 25.1 Å². The van der Waals surface area contributed by atoms with Gasteiger partial charge in [-0.15, -0.1) is 0 Å². The molecule has 0 aromatic heterocycles. The molecule has 1 unspecified atom stereocenters. The van der Waals surface area contributed by atoms with Gasteiger partial charge in [-0.05, 0) is 30.9 Å². The lowest BCUT2D eigenvalue weighted by atomic mass is 9.85. The van der Waals surface area contributed by atoms with Gasteiger partial charge in [-0.2, -0.15) is 0 Å². The van der Waals surface area contributed by atoms with Crippen molar-refractivity contribution in [3.8, 4) is 0 Å². The molecule has 0 bridgehead atoms. The van der Waals surface area contributed by atoms with E-state index in [0.717, 1.165) is 5.56 Å². The van der Waals surface area contributed by atoms with Crippen molar-refractivity contribution in [1.82, 2.24) is 4.72 Å². The molecule has 5 nitrogen and oxygen atoms in total. The summed E-state index contributed by atoms with van der Waals surface area (Å²) in [5.74, 6) is -1.03. The Morgan fingerprint density at radius 1 is 1.29 bits per heavy atom. The second kappa shape index (κ2) is 6.15. The number of aryl methyl sites for hydroxylation is 2. The molecule has 1 aromatic carbocycles. The van der Waals surface area contributed by atoms with Crippen LogP contribution in [0.1, 0.15) is 38.3 Å². The summed E-state index contributed by atoms with van der Waals surface area (Å²) < 4.78 is 27.5. The molecule has 0 radical (unpaired) electrons. The minimum atomic E-state index is -3.75. The van der Waals surface area contributed by atoms with Crippen molar-refractivity contribution in [1.29, 1.82) is 0 Å². The second-order valence-corrected chi connectivity index (χ2v) is 8.09. The van der Waals surface area contributed by atoms with E-state index < -0.39 is 27.4 Å². The highest BCUT2D eigenvalue weighted by atomic mass is 32.2. The molecule has 0 saturated carbocycles. The number of hydrogen-bond acceptors (Lipinski definition) is 3. The Hall–Kier alpha value is -1.40. The molecule has 0 heterocycles. The second-order valence-electron chi connectivity index (χ2n) is 6.41. The van der Waals surface area contributed by atoms with Crippen LogP contribution in [0.4, 0.5) is 0 Å². The molecule has 0 aliphatic carbocycles. The minimum Gasteiger partial charge on any atom is -0.481 e. The Morgan fingerprint density at radius 3 is 2.29 bits per heavy atom. The van der Waals surface area contributed by atoms with Gasteiger partial charge in [0.15, 0.2) is 0 Å². The fraction of sp³-hybridized carbons (Fsp3) is 0.533. The highest BCUT2D eigenvalue weighted by Crippen LogP contribution is 2.25. The average Bonchev–Trinajstić information content (AvgIpc) is 2.24. The third-order valence-corrected chi connectivity index (χ3v) is 4.97. The molecule has 1 rings (SSSR count). The van der Waals surface area contributed by atoms with Crippen molar-refractivity contribution >= 4 is 16.0 Å². The van der Waals surface area contributed by atoms with Gasteiger partial charge in [0.2, 0.25) is 10.0 Å². The molecular weight excluding hydrogens is 290 g/mol. The quantitative estimate of drug-likeness (QED) is 0.874. The number of nitrogens with one attached hydrogen (secondary N) is 1. The van der Waals surface area contributed by atoms with Gasteiger partial charge in [0.1, 0.15) is 0 Å². The molecule has 6 heteroatoms. The molecule has 0 amide bonds. The Bertz CT molecular complexity index is 630. The largest absolute Gasteiger partial charge is 0.481 e. The molecule has 0 aliphatic rings. The molecule has 0 saturated heterocycles. The predicted molar refractivity (Wildman–Crippen MR) is 81.7 cm³/mol. The van der Waals surface area contributed by atoms with Gasteiger partial charge in [0.25, 0.3) is 0 Å². The molecule has 0 aliphatic heterocycles. The van der Waals surface area contributed by atoms with Crippen LogP contribution in [0.25, 0.3) is 0 Å². The smallest absolute Gasteiger partial charge is 0.304 e. The summed E-state index contributed by atoms with van der Waals surface area (Å²) in [6, 6.07) is 4.39. The Labute approximate surface area is 126 Å². The van der Waals surface area contributed by atoms with Gasteiger partial charge in [-0.1, -0.05) is 38.5 Å². The van der Waals surface area contributed by atoms with Crippen molar-refractivity contribution in [3.63, 3.8) is 0 Å². The van der Waals surface area contributed by atoms with Crippen molar-refractivity contribution in [3.05, 3.63) is 29.3 Å². The number of sulfonamides is 1. The maximum atomic E-state index is 12.5. The van der Waals surface area contributed by atoms with E-state index in [4.69, 9.17) is 5.11 Å². The molecule has 0 fully saturated rings. The van der Waals surface area contributed by atoms with Gasteiger partial charge < -0.3 is 5.11 Å². The van der Waals surface area contributed by atoms with Gasteiger partial charge in [0, 0.05) is 6.04 Å². The Morgan fingerprint density at radius 2 is 1.86 bits per heavy atom. The summed E-state index contributed by atoms with van der Waals surface area (Å²) in [5, 5.41) is 8.97. The molecule has 1 atom stereocenters. The van der Waals surface area contributed by atoms with E-state index in [9.17, 15) is 13.2 Å². The topological polar surface area (TPSA) is 83.5 Å². The lowest BCUT2D eigenvalue weighted by molar-refractivity contribution is -0.138. The van der Waals surface area contributed by atoms with E-state index in [2.05, 4.69) is 4.72 Å². The SMILES string of the molecule is Cc1ccc(S(=O)(=O)NC(CC(=O)O)C(C)(C)C)c(C)c1. The van der Waals surface area contributed by atoms with E-state index in [0.29, 0.717) is 5.56 Å². The third kappa shape index (κ3) is 4.82. The summed E-state index contributed by atoms with van der Waals surface area (Å²) in [4.78, 5) is 11.1. The first-order chi connectivity index (χ1) is 9.43. The van der Waals surface area contributed by atoms with Gasteiger partial charge >= 0.3 is 5.97 Å². The summed E-state index contributed by atoms with van der Waals surface area (Å²) in [7, 11) is -3.75. The molecule has 1 aromatic rings. The highest BCUT2D eigenvalue weighted by molar-refractivity contribution is 7.89. The van der Waals surface area contributed by atoms with Crippen LogP contribution >= 0.6 is 0 Å². The number of hydrogen-bond donors (Lipinski definition) is 2. The van der Waals surface area contributed by atoms with Crippen LogP contribution in [-0.4, -0.2) is 25.5 Å². The summed E-state index contributed by atoms with van der Waals surface area (Å²) in [6.45, 7) is 9.05. The molecule has 21 heavy (non-hydrogen) atoms. The lowest BCUT2D eigenvalue weighted by Crippen LogP contribution is -2.45. The molecule has 2 N–H and O–H groups in total. The third-order valence-electron chi connectivity index (χ3n) is 3.34. The normalized spacial score (nSPS) is 14.0. The number of aliphatic carboxylic acids is 1. The van der Waals surface area contributed by atoms with Crippen LogP contribution in [0.5, 0.6) is 0 Å². The average molecular weight is 313 g/mol. The van der Waals surface area contributed by atoms with E-state index >= 15 is 0 Å². The van der Waals surface area contributed by atoms with Crippen LogP contribution in [-0.2, 0) is 14.8 Å². The highest BCUT2D eigenvalue weighted by Gasteiger charge is 2.31. The summed E-state index contributed by atoms with van der Waals surface area (Å²) in [6.07, 6.45) is -0.256. The van der Waals surface area contributed by atoms with E-state index in [1.165, 1.54) is 0 Å². The first kappa shape index (κ1) is 17.7. The van der Waals surface area contributed by atoms with E-state index in [-0.39, 0.29) is 11.3 Å².